The molecule has 0 fully saturated rings. The van der Waals surface area contributed by atoms with Crippen molar-refractivity contribution in [3.8, 4) is 0 Å². The highest BCUT2D eigenvalue weighted by molar-refractivity contribution is 6.69. The molecule has 6 nitrogen and oxygen atoms in total. The van der Waals surface area contributed by atoms with Crippen molar-refractivity contribution >= 4 is 20.2 Å². The Kier molecular flexibility index (Phi) is 13.0. The Bertz CT molecular complexity index is 861. The Labute approximate surface area is 239 Å². The maximum absolute atomic E-state index is 13.1. The molecule has 2 N–H and O–H groups in total. The third-order valence-electron chi connectivity index (χ3n) is 8.44. The molecular weight excluding hydrogens is 506 g/mol. The predicted molar refractivity (Wildman–Crippen MR) is 162 cm³/mol. The summed E-state index contributed by atoms with van der Waals surface area (Å²) in [5, 5.41) is 14.1. The molecule has 7 heteroatoms. The molecule has 0 aromatic heterocycles. The fraction of sp³-hybridized carbons (Fsp3) is 0.812. The van der Waals surface area contributed by atoms with Crippen molar-refractivity contribution in [2.75, 3.05) is 6.54 Å². The third-order valence-corrected chi connectivity index (χ3v) is 9.48. The quantitative estimate of drug-likeness (QED) is 0.130. The average Bonchev–Trinajstić information content (AvgIpc) is 2.82. The molecule has 0 bridgehead atoms. The molecule has 224 valence electrons. The molecule has 0 radical (unpaired) electrons. The van der Waals surface area contributed by atoms with E-state index in [0.29, 0.717) is 31.2 Å². The number of carbonyl (C=O) groups excluding carboxylic acids is 2. The van der Waals surface area contributed by atoms with Crippen LogP contribution >= 0.6 is 0 Å². The number of nitrogens with one attached hydrogen (secondary N) is 1. The minimum atomic E-state index is -1.89. The lowest BCUT2D eigenvalue weighted by molar-refractivity contribution is -0.164. The van der Waals surface area contributed by atoms with E-state index >= 15 is 0 Å². The molecule has 0 saturated carbocycles. The summed E-state index contributed by atoms with van der Waals surface area (Å²) < 4.78 is 12.6. The molecule has 1 amide bonds. The lowest BCUT2D eigenvalue weighted by atomic mass is 9.65. The summed E-state index contributed by atoms with van der Waals surface area (Å²) in [6.07, 6.45) is 11.6. The van der Waals surface area contributed by atoms with Gasteiger partial charge in [-0.2, -0.15) is 0 Å². The normalized spacial score (nSPS) is 26.8. The number of aliphatic hydroxyl groups excluding tert-OH is 1. The van der Waals surface area contributed by atoms with E-state index in [1.807, 2.05) is 20.8 Å². The van der Waals surface area contributed by atoms with Gasteiger partial charge in [0.2, 0.25) is 5.91 Å². The number of amides is 1. The first kappa shape index (κ1) is 33.8. The molecule has 7 unspecified atom stereocenters. The molecule has 0 saturated heterocycles. The van der Waals surface area contributed by atoms with Crippen LogP contribution in [0.4, 0.5) is 0 Å². The number of fused-ring (bicyclic) bond motifs is 1. The highest BCUT2D eigenvalue weighted by Crippen LogP contribution is 2.45. The highest BCUT2D eigenvalue weighted by atomic mass is 28.4. The van der Waals surface area contributed by atoms with Gasteiger partial charge in [-0.1, -0.05) is 52.3 Å². The standard InChI is InChI=1S/C32H57NO5Si/c1-10-12-17-33-29(35)21-26(38-39(7,8)9)20-25(34)15-16-27-23(4)13-14-24-18-22(3)19-28(30(24)27)37-31(36)32(5,6)11-2/h13-14,18,22-23,25-28,30,34H,10-12,15-17,19-21H2,1-9H3,(H,33,35). The number of ether oxygens (including phenoxy) is 1. The number of carbonyl (C=O) groups is 2. The van der Waals surface area contributed by atoms with E-state index in [1.165, 1.54) is 5.57 Å². The van der Waals surface area contributed by atoms with E-state index in [-0.39, 0.29) is 42.3 Å². The van der Waals surface area contributed by atoms with E-state index in [2.05, 4.69) is 64.0 Å². The topological polar surface area (TPSA) is 84.9 Å². The van der Waals surface area contributed by atoms with Crippen LogP contribution in [0.25, 0.3) is 0 Å². The average molecular weight is 564 g/mol. The number of esters is 1. The fourth-order valence-corrected chi connectivity index (χ4v) is 7.01. The molecule has 0 aromatic carbocycles. The minimum Gasteiger partial charge on any atom is -0.461 e. The molecule has 0 aromatic rings. The number of rotatable bonds is 15. The molecule has 2 aliphatic carbocycles. The molecule has 2 aliphatic rings. The molecule has 0 heterocycles. The summed E-state index contributed by atoms with van der Waals surface area (Å²) >= 11 is 0. The van der Waals surface area contributed by atoms with Crippen LogP contribution in [0.1, 0.15) is 92.9 Å². The van der Waals surface area contributed by atoms with Crippen LogP contribution in [0.3, 0.4) is 0 Å². The molecule has 0 spiro atoms. The van der Waals surface area contributed by atoms with Crippen molar-refractivity contribution in [3.05, 3.63) is 23.8 Å². The largest absolute Gasteiger partial charge is 0.461 e. The van der Waals surface area contributed by atoms with Gasteiger partial charge in [-0.3, -0.25) is 9.59 Å². The predicted octanol–water partition coefficient (Wildman–Crippen LogP) is 6.80. The Balaban J connectivity index is 2.10. The Morgan fingerprint density at radius 1 is 1.21 bits per heavy atom. The van der Waals surface area contributed by atoms with Crippen LogP contribution in [0, 0.1) is 29.1 Å². The van der Waals surface area contributed by atoms with Crippen LogP contribution < -0.4 is 5.32 Å². The Morgan fingerprint density at radius 2 is 1.90 bits per heavy atom. The second-order valence-corrected chi connectivity index (χ2v) is 18.2. The van der Waals surface area contributed by atoms with Crippen LogP contribution in [0.2, 0.25) is 19.6 Å². The van der Waals surface area contributed by atoms with Crippen molar-refractivity contribution in [2.24, 2.45) is 29.1 Å². The van der Waals surface area contributed by atoms with E-state index < -0.39 is 19.8 Å². The van der Waals surface area contributed by atoms with E-state index in [4.69, 9.17) is 9.16 Å². The SMILES string of the molecule is CCCCNC(=O)CC(CC(O)CCC1C(C)C=CC2=CC(C)CC(OC(=O)C(C)(C)CC)C21)O[Si](C)(C)C. The smallest absolute Gasteiger partial charge is 0.311 e. The summed E-state index contributed by atoms with van der Waals surface area (Å²) in [5.74, 6) is 0.976. The van der Waals surface area contributed by atoms with E-state index in [0.717, 1.165) is 32.1 Å². The number of allylic oxidation sites excluding steroid dienone is 3. The van der Waals surface area contributed by atoms with Gasteiger partial charge in [-0.15, -0.1) is 0 Å². The zero-order chi connectivity index (χ0) is 29.4. The highest BCUT2D eigenvalue weighted by Gasteiger charge is 2.43. The maximum atomic E-state index is 13.1. The van der Waals surface area contributed by atoms with E-state index in [9.17, 15) is 14.7 Å². The van der Waals surface area contributed by atoms with E-state index in [1.54, 1.807) is 0 Å². The first-order valence-corrected chi connectivity index (χ1v) is 18.8. The van der Waals surface area contributed by atoms with Gasteiger partial charge < -0.3 is 19.6 Å². The lowest BCUT2D eigenvalue weighted by Crippen LogP contribution is -2.43. The summed E-state index contributed by atoms with van der Waals surface area (Å²) in [7, 11) is -1.89. The van der Waals surface area contributed by atoms with Crippen molar-refractivity contribution in [3.63, 3.8) is 0 Å². The summed E-state index contributed by atoms with van der Waals surface area (Å²) in [5.41, 5.74) is 0.766. The van der Waals surface area contributed by atoms with Crippen LogP contribution in [-0.2, 0) is 18.8 Å². The summed E-state index contributed by atoms with van der Waals surface area (Å²) in [6.45, 7) is 19.5. The van der Waals surface area contributed by atoms with Crippen molar-refractivity contribution in [2.45, 2.75) is 131 Å². The van der Waals surface area contributed by atoms with Gasteiger partial charge in [0.1, 0.15) is 6.10 Å². The minimum absolute atomic E-state index is 0.00398. The second kappa shape index (κ2) is 15.0. The molecule has 2 rings (SSSR count). The molecule has 7 atom stereocenters. The Morgan fingerprint density at radius 3 is 2.51 bits per heavy atom. The van der Waals surface area contributed by atoms with Gasteiger partial charge in [0.15, 0.2) is 8.32 Å². The zero-order valence-electron chi connectivity index (χ0n) is 26.2. The maximum Gasteiger partial charge on any atom is 0.311 e. The van der Waals surface area contributed by atoms with Crippen LogP contribution in [-0.4, -0.2) is 50.2 Å². The zero-order valence-corrected chi connectivity index (χ0v) is 27.2. The van der Waals surface area contributed by atoms with Gasteiger partial charge in [0.05, 0.1) is 24.0 Å². The number of unbranched alkanes of at least 4 members (excludes halogenated alkanes) is 1. The lowest BCUT2D eigenvalue weighted by Gasteiger charge is -2.44. The number of hydrogen-bond acceptors (Lipinski definition) is 5. The second-order valence-electron chi connectivity index (χ2n) is 13.7. The fourth-order valence-electron chi connectivity index (χ4n) is 5.83. The number of hydrogen-bond donors (Lipinski definition) is 2. The first-order valence-electron chi connectivity index (χ1n) is 15.4. The molecule has 39 heavy (non-hydrogen) atoms. The van der Waals surface area contributed by atoms with Crippen molar-refractivity contribution in [1.29, 1.82) is 0 Å². The Hall–Kier alpha value is -1.44. The van der Waals surface area contributed by atoms with Gasteiger partial charge in [0, 0.05) is 12.5 Å². The van der Waals surface area contributed by atoms with Crippen LogP contribution in [0.5, 0.6) is 0 Å². The molecular formula is C32H57NO5Si. The van der Waals surface area contributed by atoms with Gasteiger partial charge in [0.25, 0.3) is 0 Å². The first-order chi connectivity index (χ1) is 18.2. The summed E-state index contributed by atoms with van der Waals surface area (Å²) in [6, 6.07) is 0. The van der Waals surface area contributed by atoms with Gasteiger partial charge in [-0.05, 0) is 95.3 Å². The van der Waals surface area contributed by atoms with Gasteiger partial charge in [-0.25, -0.2) is 0 Å². The molecule has 0 aliphatic heterocycles. The van der Waals surface area contributed by atoms with Crippen molar-refractivity contribution < 1.29 is 23.9 Å². The summed E-state index contributed by atoms with van der Waals surface area (Å²) in [4.78, 5) is 25.6. The van der Waals surface area contributed by atoms with Gasteiger partial charge >= 0.3 is 5.97 Å². The van der Waals surface area contributed by atoms with Crippen molar-refractivity contribution in [1.82, 2.24) is 5.32 Å². The monoisotopic (exact) mass is 563 g/mol. The number of aliphatic hydroxyl groups is 1. The van der Waals surface area contributed by atoms with Crippen LogP contribution in [0.15, 0.2) is 23.8 Å². The third kappa shape index (κ3) is 10.8.